The third-order valence-corrected chi connectivity index (χ3v) is 6.91. The molecule has 0 heterocycles. The third kappa shape index (κ3) is 4.42. The number of hydrogen-bond donors (Lipinski definition) is 0. The zero-order valence-electron chi connectivity index (χ0n) is 17.6. The van der Waals surface area contributed by atoms with Crippen LogP contribution < -0.4 is 0 Å². The molecule has 3 atom stereocenters. The molecule has 0 nitrogen and oxygen atoms in total. The number of benzene rings is 2. The van der Waals surface area contributed by atoms with Crippen LogP contribution in [0.25, 0.3) is 11.1 Å². The van der Waals surface area contributed by atoms with Crippen molar-refractivity contribution in [3.8, 4) is 11.1 Å². The van der Waals surface area contributed by atoms with Crippen LogP contribution in [-0.4, -0.2) is 0 Å². The van der Waals surface area contributed by atoms with Gasteiger partial charge in [0.2, 0.25) is 0 Å². The van der Waals surface area contributed by atoms with E-state index in [4.69, 9.17) is 0 Å². The van der Waals surface area contributed by atoms with E-state index in [1.54, 1.807) is 0 Å². The predicted molar refractivity (Wildman–Crippen MR) is 113 cm³/mol. The number of halogens is 5. The second-order valence-corrected chi connectivity index (χ2v) is 8.89. The summed E-state index contributed by atoms with van der Waals surface area (Å²) in [6.07, 6.45) is 6.67. The number of unbranched alkanes of at least 4 members (excludes halogenated alkanes) is 1. The zero-order valence-corrected chi connectivity index (χ0v) is 17.6. The monoisotopic (exact) mass is 434 g/mol. The highest BCUT2D eigenvalue weighted by atomic mass is 19.4. The Bertz CT molecular complexity index is 955. The average molecular weight is 434 g/mol. The average Bonchev–Trinajstić information content (AvgIpc) is 2.73. The lowest BCUT2D eigenvalue weighted by Crippen LogP contribution is -2.28. The molecule has 0 spiro atoms. The molecule has 0 radical (unpaired) electrons. The quantitative estimate of drug-likeness (QED) is 0.334. The van der Waals surface area contributed by atoms with Gasteiger partial charge >= 0.3 is 6.18 Å². The maximum absolute atomic E-state index is 15.4. The van der Waals surface area contributed by atoms with Crippen LogP contribution in [0.3, 0.4) is 0 Å². The first-order valence-electron chi connectivity index (χ1n) is 11.1. The molecule has 5 heteroatoms. The Balaban J connectivity index is 1.61. The molecule has 31 heavy (non-hydrogen) atoms. The van der Waals surface area contributed by atoms with Gasteiger partial charge in [-0.15, -0.1) is 0 Å². The van der Waals surface area contributed by atoms with Crippen molar-refractivity contribution in [1.29, 1.82) is 0 Å². The minimum Gasteiger partial charge on any atom is -0.206 e. The summed E-state index contributed by atoms with van der Waals surface area (Å²) in [5.74, 6) is -0.186. The second-order valence-electron chi connectivity index (χ2n) is 8.89. The Hall–Kier alpha value is -2.17. The first-order chi connectivity index (χ1) is 14.8. The van der Waals surface area contributed by atoms with Crippen LogP contribution in [0.15, 0.2) is 42.5 Å². The number of hydrogen-bond acceptors (Lipinski definition) is 0. The first kappa shape index (κ1) is 22.0. The van der Waals surface area contributed by atoms with Crippen LogP contribution in [0.5, 0.6) is 0 Å². The highest BCUT2D eigenvalue weighted by Crippen LogP contribution is 2.49. The van der Waals surface area contributed by atoms with Gasteiger partial charge in [0.15, 0.2) is 0 Å². The lowest BCUT2D eigenvalue weighted by molar-refractivity contribution is -0.137. The van der Waals surface area contributed by atoms with Gasteiger partial charge in [0.1, 0.15) is 11.6 Å². The van der Waals surface area contributed by atoms with Crippen molar-refractivity contribution >= 4 is 0 Å². The van der Waals surface area contributed by atoms with Crippen LogP contribution in [-0.2, 0) is 12.6 Å². The molecule has 1 saturated carbocycles. The van der Waals surface area contributed by atoms with Gasteiger partial charge in [-0.25, -0.2) is 8.78 Å². The minimum absolute atomic E-state index is 0.137. The summed E-state index contributed by atoms with van der Waals surface area (Å²) in [6.45, 7) is 2.15. The lowest BCUT2D eigenvalue weighted by atomic mass is 9.65. The van der Waals surface area contributed by atoms with Crippen LogP contribution >= 0.6 is 0 Å². The molecule has 0 amide bonds. The predicted octanol–water partition coefficient (Wildman–Crippen LogP) is 8.45. The molecule has 0 bridgehead atoms. The topological polar surface area (TPSA) is 0 Å². The van der Waals surface area contributed by atoms with Gasteiger partial charge in [0.25, 0.3) is 0 Å². The Morgan fingerprint density at radius 2 is 1.77 bits per heavy atom. The molecule has 2 aromatic carbocycles. The molecule has 0 saturated heterocycles. The van der Waals surface area contributed by atoms with Gasteiger partial charge in [-0.3, -0.25) is 0 Å². The van der Waals surface area contributed by atoms with E-state index in [0.29, 0.717) is 23.8 Å². The van der Waals surface area contributed by atoms with E-state index >= 15 is 8.78 Å². The fourth-order valence-corrected chi connectivity index (χ4v) is 5.34. The number of alkyl halides is 3. The van der Waals surface area contributed by atoms with Crippen LogP contribution in [0, 0.1) is 23.5 Å². The summed E-state index contributed by atoms with van der Waals surface area (Å²) in [5, 5.41) is 0. The summed E-state index contributed by atoms with van der Waals surface area (Å²) in [5.41, 5.74) is 0.387. The Kier molecular flexibility index (Phi) is 6.23. The molecule has 1 fully saturated rings. The molecule has 2 aliphatic carbocycles. The van der Waals surface area contributed by atoms with Crippen molar-refractivity contribution in [2.24, 2.45) is 11.8 Å². The Morgan fingerprint density at radius 1 is 1.03 bits per heavy atom. The smallest absolute Gasteiger partial charge is 0.206 e. The number of allylic oxidation sites excluding steroid dienone is 2. The second kappa shape index (κ2) is 8.76. The molecule has 4 rings (SSSR count). The van der Waals surface area contributed by atoms with Gasteiger partial charge in [0, 0.05) is 0 Å². The molecule has 0 aliphatic heterocycles. The minimum atomic E-state index is -4.48. The maximum Gasteiger partial charge on any atom is 0.416 e. The van der Waals surface area contributed by atoms with Crippen molar-refractivity contribution in [2.45, 2.75) is 64.0 Å². The molecule has 166 valence electrons. The van der Waals surface area contributed by atoms with E-state index in [1.165, 1.54) is 6.07 Å². The zero-order chi connectivity index (χ0) is 22.2. The van der Waals surface area contributed by atoms with Gasteiger partial charge < -0.3 is 0 Å². The van der Waals surface area contributed by atoms with E-state index in [-0.39, 0.29) is 17.0 Å². The van der Waals surface area contributed by atoms with E-state index < -0.39 is 23.4 Å². The van der Waals surface area contributed by atoms with Gasteiger partial charge in [-0.1, -0.05) is 37.6 Å². The highest BCUT2D eigenvalue weighted by Gasteiger charge is 2.37. The summed E-state index contributed by atoms with van der Waals surface area (Å²) >= 11 is 0. The van der Waals surface area contributed by atoms with E-state index in [9.17, 15) is 13.2 Å². The summed E-state index contributed by atoms with van der Waals surface area (Å²) in [7, 11) is 0. The Morgan fingerprint density at radius 3 is 2.45 bits per heavy atom. The largest absolute Gasteiger partial charge is 0.416 e. The molecule has 3 unspecified atom stereocenters. The highest BCUT2D eigenvalue weighted by molar-refractivity contribution is 5.67. The van der Waals surface area contributed by atoms with Crippen LogP contribution in [0.4, 0.5) is 22.0 Å². The van der Waals surface area contributed by atoms with Crippen LogP contribution in [0.1, 0.15) is 68.1 Å². The van der Waals surface area contributed by atoms with Gasteiger partial charge in [0.05, 0.1) is 11.1 Å². The van der Waals surface area contributed by atoms with Gasteiger partial charge in [-0.05, 0) is 91.2 Å². The van der Waals surface area contributed by atoms with Crippen molar-refractivity contribution < 1.29 is 22.0 Å². The van der Waals surface area contributed by atoms with E-state index in [1.807, 2.05) is 0 Å². The van der Waals surface area contributed by atoms with Crippen molar-refractivity contribution in [3.63, 3.8) is 0 Å². The molecule has 0 aromatic heterocycles. The summed E-state index contributed by atoms with van der Waals surface area (Å²) in [6, 6.07) is 5.48. The number of fused-ring (bicyclic) bond motifs is 3. The third-order valence-electron chi connectivity index (χ3n) is 6.91. The standard InChI is InChI=1S/C26H27F5/c1-2-3-4-5-16-6-12-20-18(14-16)9-13-21-22(20)15-23(27)24(25(21)28)17-7-10-19(11-8-17)26(29,30)31/h4-5,7-8,10-11,15-16,18,20H,2-3,6,9,12-14H2,1H3. The van der Waals surface area contributed by atoms with Crippen molar-refractivity contribution in [3.05, 3.63) is 70.8 Å². The normalized spacial score (nSPS) is 23.6. The lowest BCUT2D eigenvalue weighted by Gasteiger charge is -2.40. The molecular formula is C26H27F5. The maximum atomic E-state index is 15.4. The van der Waals surface area contributed by atoms with Crippen molar-refractivity contribution in [1.82, 2.24) is 0 Å². The fraction of sp³-hybridized carbons (Fsp3) is 0.462. The molecule has 0 N–H and O–H groups in total. The van der Waals surface area contributed by atoms with E-state index in [0.717, 1.165) is 68.4 Å². The number of rotatable bonds is 4. The summed E-state index contributed by atoms with van der Waals surface area (Å²) in [4.78, 5) is 0. The summed E-state index contributed by atoms with van der Waals surface area (Å²) < 4.78 is 68.9. The molecule has 2 aliphatic rings. The molecule has 2 aromatic rings. The van der Waals surface area contributed by atoms with Crippen LogP contribution in [0.2, 0.25) is 0 Å². The first-order valence-corrected chi connectivity index (χ1v) is 11.1. The fourth-order valence-electron chi connectivity index (χ4n) is 5.34. The van der Waals surface area contributed by atoms with Crippen molar-refractivity contribution in [2.75, 3.05) is 0 Å². The SMILES string of the molecule is CCCC=CC1CCC2c3cc(F)c(-c4ccc(C(F)(F)F)cc4)c(F)c3CCC2C1. The van der Waals surface area contributed by atoms with Gasteiger partial charge in [-0.2, -0.15) is 13.2 Å². The molecular weight excluding hydrogens is 407 g/mol. The van der Waals surface area contributed by atoms with E-state index in [2.05, 4.69) is 19.1 Å². The Labute approximate surface area is 180 Å².